The molecule has 0 unspecified atom stereocenters. The monoisotopic (exact) mass is 191 g/mol. The largest absolute Gasteiger partial charge is 0.245 e. The van der Waals surface area contributed by atoms with E-state index in [1.807, 2.05) is 13.0 Å². The summed E-state index contributed by atoms with van der Waals surface area (Å²) in [6.45, 7) is 3.78. The van der Waals surface area contributed by atoms with E-state index in [4.69, 9.17) is 23.2 Å². The summed E-state index contributed by atoms with van der Waals surface area (Å²) in [7, 11) is 0. The van der Waals surface area contributed by atoms with Gasteiger partial charge in [0.1, 0.15) is 5.16 Å². The van der Waals surface area contributed by atoms with Crippen LogP contribution in [0.5, 0.6) is 0 Å². The molecule has 0 aromatic heterocycles. The molecule has 0 aromatic carbocycles. The van der Waals surface area contributed by atoms with Crippen LogP contribution in [0, 0.1) is 0 Å². The maximum absolute atomic E-state index is 5.66. The molecule has 0 aliphatic heterocycles. The van der Waals surface area contributed by atoms with Crippen LogP contribution in [0.15, 0.2) is 27.3 Å². The minimum Gasteiger partial charge on any atom is -0.245 e. The van der Waals surface area contributed by atoms with Crippen molar-refractivity contribution in [1.82, 2.24) is 0 Å². The molecule has 0 bridgehead atoms. The van der Waals surface area contributed by atoms with Crippen molar-refractivity contribution in [3.05, 3.63) is 22.3 Å². The first-order chi connectivity index (χ1) is 5.16. The summed E-state index contributed by atoms with van der Waals surface area (Å²) in [4.78, 5) is 3.89. The summed E-state index contributed by atoms with van der Waals surface area (Å²) in [5, 5.41) is 1.19. The minimum absolute atomic E-state index is 0.502. The van der Waals surface area contributed by atoms with Gasteiger partial charge in [0.15, 0.2) is 0 Å². The van der Waals surface area contributed by atoms with Crippen LogP contribution >= 0.6 is 23.2 Å². The van der Waals surface area contributed by atoms with E-state index in [9.17, 15) is 0 Å². The second kappa shape index (κ2) is 6.44. The van der Waals surface area contributed by atoms with Crippen molar-refractivity contribution in [3.63, 3.8) is 0 Å². The third-order valence-corrected chi connectivity index (χ3v) is 1.25. The van der Waals surface area contributed by atoms with Crippen molar-refractivity contribution < 1.29 is 0 Å². The Kier molecular flexibility index (Phi) is 6.28. The van der Waals surface area contributed by atoms with Gasteiger partial charge in [0.25, 0.3) is 0 Å². The molecule has 0 aromatic rings. The average molecular weight is 192 g/mol. The Morgan fingerprint density at radius 3 is 2.55 bits per heavy atom. The molecule has 3 heteroatoms. The lowest BCUT2D eigenvalue weighted by Gasteiger charge is -1.84. The van der Waals surface area contributed by atoms with Gasteiger partial charge >= 0.3 is 0 Å². The fourth-order valence-corrected chi connectivity index (χ4v) is 0.699. The standard InChI is InChI=1S/C8H11Cl2N/c1-3-4-8(10)11-6-5-7(2)9/h4-6H,3H2,1-2H3/b7-5+,8-4+,11-6-. The van der Waals surface area contributed by atoms with Gasteiger partial charge in [-0.3, -0.25) is 0 Å². The van der Waals surface area contributed by atoms with E-state index in [2.05, 4.69) is 4.99 Å². The topological polar surface area (TPSA) is 12.4 Å². The Labute approximate surface area is 77.4 Å². The molecule has 62 valence electrons. The van der Waals surface area contributed by atoms with Crippen LogP contribution < -0.4 is 0 Å². The van der Waals surface area contributed by atoms with Crippen LogP contribution in [0.3, 0.4) is 0 Å². The molecule has 0 saturated carbocycles. The highest BCUT2D eigenvalue weighted by molar-refractivity contribution is 6.31. The number of hydrogen-bond acceptors (Lipinski definition) is 1. The normalized spacial score (nSPS) is 14.5. The first kappa shape index (κ1) is 10.7. The lowest BCUT2D eigenvalue weighted by atomic mass is 10.5. The molecule has 11 heavy (non-hydrogen) atoms. The van der Waals surface area contributed by atoms with E-state index in [0.717, 1.165) is 6.42 Å². The van der Waals surface area contributed by atoms with Gasteiger partial charge in [-0.15, -0.1) is 0 Å². The van der Waals surface area contributed by atoms with E-state index in [-0.39, 0.29) is 0 Å². The fourth-order valence-electron chi connectivity index (χ4n) is 0.432. The predicted octanol–water partition coefficient (Wildman–Crippen LogP) is 3.69. The highest BCUT2D eigenvalue weighted by Gasteiger charge is 1.81. The Bertz CT molecular complexity index is 188. The summed E-state index contributed by atoms with van der Waals surface area (Å²) >= 11 is 11.2. The highest BCUT2D eigenvalue weighted by Crippen LogP contribution is 2.03. The third kappa shape index (κ3) is 7.63. The first-order valence-corrected chi connectivity index (χ1v) is 4.14. The Balaban J connectivity index is 3.93. The molecule has 0 atom stereocenters. The molecular formula is C8H11Cl2N. The van der Waals surface area contributed by atoms with Gasteiger partial charge in [0.2, 0.25) is 0 Å². The van der Waals surface area contributed by atoms with Gasteiger partial charge in [0.05, 0.1) is 0 Å². The smallest absolute Gasteiger partial charge is 0.125 e. The van der Waals surface area contributed by atoms with E-state index in [1.165, 1.54) is 0 Å². The summed E-state index contributed by atoms with van der Waals surface area (Å²) in [5.41, 5.74) is 0. The van der Waals surface area contributed by atoms with Gasteiger partial charge in [0, 0.05) is 11.2 Å². The quantitative estimate of drug-likeness (QED) is 0.477. The first-order valence-electron chi connectivity index (χ1n) is 3.39. The molecule has 1 nitrogen and oxygen atoms in total. The van der Waals surface area contributed by atoms with Crippen molar-refractivity contribution >= 4 is 29.4 Å². The van der Waals surface area contributed by atoms with Gasteiger partial charge < -0.3 is 0 Å². The molecule has 0 spiro atoms. The number of halogens is 2. The lowest BCUT2D eigenvalue weighted by Crippen LogP contribution is -1.68. The Morgan fingerprint density at radius 1 is 1.45 bits per heavy atom. The van der Waals surface area contributed by atoms with Crippen molar-refractivity contribution in [1.29, 1.82) is 0 Å². The van der Waals surface area contributed by atoms with E-state index in [1.54, 1.807) is 19.2 Å². The summed E-state index contributed by atoms with van der Waals surface area (Å²) in [6, 6.07) is 0. The van der Waals surface area contributed by atoms with Crippen LogP contribution in [0.4, 0.5) is 0 Å². The molecule has 0 aliphatic rings. The van der Waals surface area contributed by atoms with Crippen molar-refractivity contribution in [2.45, 2.75) is 20.3 Å². The van der Waals surface area contributed by atoms with E-state index >= 15 is 0 Å². The molecule has 0 aliphatic carbocycles. The van der Waals surface area contributed by atoms with Gasteiger partial charge in [-0.1, -0.05) is 30.1 Å². The van der Waals surface area contributed by atoms with Crippen LogP contribution in [0.2, 0.25) is 0 Å². The number of nitrogens with zero attached hydrogens (tertiary/aromatic N) is 1. The second-order valence-corrected chi connectivity index (χ2v) is 2.95. The van der Waals surface area contributed by atoms with Crippen molar-refractivity contribution in [2.75, 3.05) is 0 Å². The van der Waals surface area contributed by atoms with E-state index < -0.39 is 0 Å². The van der Waals surface area contributed by atoms with Crippen LogP contribution in [-0.4, -0.2) is 6.21 Å². The minimum atomic E-state index is 0.502. The Morgan fingerprint density at radius 2 is 2.09 bits per heavy atom. The second-order valence-electron chi connectivity index (χ2n) is 1.97. The Hall–Kier alpha value is -0.270. The highest BCUT2D eigenvalue weighted by atomic mass is 35.5. The zero-order valence-electron chi connectivity index (χ0n) is 6.64. The van der Waals surface area contributed by atoms with Crippen molar-refractivity contribution in [2.24, 2.45) is 4.99 Å². The molecule has 0 fully saturated rings. The number of hydrogen-bond donors (Lipinski definition) is 0. The molecule has 0 heterocycles. The zero-order valence-corrected chi connectivity index (χ0v) is 8.15. The van der Waals surface area contributed by atoms with Crippen LogP contribution in [0.25, 0.3) is 0 Å². The number of allylic oxidation sites excluding steroid dienone is 3. The van der Waals surface area contributed by atoms with Gasteiger partial charge in [-0.2, -0.15) is 0 Å². The summed E-state index contributed by atoms with van der Waals surface area (Å²) < 4.78 is 0. The fraction of sp³-hybridized carbons (Fsp3) is 0.375. The number of aliphatic imine (C=N–C) groups is 1. The van der Waals surface area contributed by atoms with Crippen LogP contribution in [-0.2, 0) is 0 Å². The molecule has 0 saturated heterocycles. The molecular weight excluding hydrogens is 181 g/mol. The molecule has 0 radical (unpaired) electrons. The van der Waals surface area contributed by atoms with E-state index in [0.29, 0.717) is 10.2 Å². The van der Waals surface area contributed by atoms with Gasteiger partial charge in [-0.05, 0) is 25.5 Å². The van der Waals surface area contributed by atoms with Crippen LogP contribution in [0.1, 0.15) is 20.3 Å². The maximum atomic E-state index is 5.66. The molecule has 0 amide bonds. The number of rotatable bonds is 3. The third-order valence-electron chi connectivity index (χ3n) is 0.875. The molecule has 0 rings (SSSR count). The summed E-state index contributed by atoms with van der Waals surface area (Å²) in [6.07, 6.45) is 5.99. The SMILES string of the molecule is CC/C=C(Cl)/N=C\C=C(/C)Cl. The predicted molar refractivity (Wildman–Crippen MR) is 52.3 cm³/mol. The average Bonchev–Trinajstić information content (AvgIpc) is 1.87. The van der Waals surface area contributed by atoms with Crippen molar-refractivity contribution in [3.8, 4) is 0 Å². The maximum Gasteiger partial charge on any atom is 0.125 e. The molecule has 0 N–H and O–H groups in total. The lowest BCUT2D eigenvalue weighted by molar-refractivity contribution is 1.20. The van der Waals surface area contributed by atoms with Gasteiger partial charge in [-0.25, -0.2) is 4.99 Å². The zero-order chi connectivity index (χ0) is 8.69. The summed E-state index contributed by atoms with van der Waals surface area (Å²) in [5.74, 6) is 0.